The second-order valence-electron chi connectivity index (χ2n) is 11.2. The van der Waals surface area contributed by atoms with Crippen molar-refractivity contribution in [3.63, 3.8) is 0 Å². The van der Waals surface area contributed by atoms with E-state index in [0.29, 0.717) is 61.2 Å². The van der Waals surface area contributed by atoms with Gasteiger partial charge in [0.05, 0.1) is 23.3 Å². The SMILES string of the molecule is C=CC(=O)N1CCN(c2nc(NC3CCN(CC(F)(F)F)CC3)nc3c(F)c(-c4c(C)ccc5[nH]ncc45)c(Cl)cc23)CC1. The van der Waals surface area contributed by atoms with Crippen LogP contribution >= 0.6 is 11.6 Å². The van der Waals surface area contributed by atoms with Gasteiger partial charge in [-0.1, -0.05) is 24.2 Å². The molecule has 6 rings (SSSR count). The number of aromatic nitrogens is 4. The molecule has 2 aliphatic rings. The number of amides is 1. The summed E-state index contributed by atoms with van der Waals surface area (Å²) in [7, 11) is 0. The minimum atomic E-state index is -4.26. The minimum absolute atomic E-state index is 0.0657. The van der Waals surface area contributed by atoms with E-state index in [-0.39, 0.29) is 47.1 Å². The van der Waals surface area contributed by atoms with Gasteiger partial charge in [0.2, 0.25) is 11.9 Å². The molecule has 2 fully saturated rings. The summed E-state index contributed by atoms with van der Waals surface area (Å²) in [5.41, 5.74) is 2.40. The molecule has 2 aliphatic heterocycles. The molecule has 44 heavy (non-hydrogen) atoms. The number of anilines is 2. The number of piperazine rings is 1. The third kappa shape index (κ3) is 5.90. The van der Waals surface area contributed by atoms with Gasteiger partial charge in [-0.15, -0.1) is 0 Å². The van der Waals surface area contributed by atoms with Gasteiger partial charge in [-0.05, 0) is 43.5 Å². The molecule has 14 heteroatoms. The Labute approximate surface area is 255 Å². The second-order valence-corrected chi connectivity index (χ2v) is 11.6. The van der Waals surface area contributed by atoms with Gasteiger partial charge in [0.15, 0.2) is 5.82 Å². The molecule has 2 aromatic heterocycles. The van der Waals surface area contributed by atoms with Gasteiger partial charge in [-0.3, -0.25) is 14.8 Å². The number of nitrogens with one attached hydrogen (secondary N) is 2. The van der Waals surface area contributed by atoms with Crippen molar-refractivity contribution < 1.29 is 22.4 Å². The lowest BCUT2D eigenvalue weighted by molar-refractivity contribution is -0.147. The predicted molar refractivity (Wildman–Crippen MR) is 162 cm³/mol. The van der Waals surface area contributed by atoms with Crippen molar-refractivity contribution in [3.8, 4) is 11.1 Å². The van der Waals surface area contributed by atoms with E-state index in [9.17, 15) is 18.0 Å². The van der Waals surface area contributed by atoms with Crippen LogP contribution in [0.5, 0.6) is 0 Å². The minimum Gasteiger partial charge on any atom is -0.352 e. The Balaban J connectivity index is 1.40. The van der Waals surface area contributed by atoms with Crippen molar-refractivity contribution in [2.45, 2.75) is 32.0 Å². The van der Waals surface area contributed by atoms with Gasteiger partial charge >= 0.3 is 6.18 Å². The Bertz CT molecular complexity index is 1730. The number of rotatable bonds is 6. The van der Waals surface area contributed by atoms with Crippen LogP contribution in [-0.2, 0) is 4.79 Å². The number of likely N-dealkylation sites (tertiary alicyclic amines) is 1. The Morgan fingerprint density at radius 3 is 2.52 bits per heavy atom. The molecule has 0 radical (unpaired) electrons. The third-order valence-corrected chi connectivity index (χ3v) is 8.63. The Morgan fingerprint density at radius 1 is 1.11 bits per heavy atom. The lowest BCUT2D eigenvalue weighted by atomic mass is 9.95. The topological polar surface area (TPSA) is 93.3 Å². The van der Waals surface area contributed by atoms with Gasteiger partial charge < -0.3 is 15.1 Å². The van der Waals surface area contributed by atoms with Crippen molar-refractivity contribution >= 4 is 51.1 Å². The fourth-order valence-corrected chi connectivity index (χ4v) is 6.40. The Morgan fingerprint density at radius 2 is 1.84 bits per heavy atom. The highest BCUT2D eigenvalue weighted by atomic mass is 35.5. The van der Waals surface area contributed by atoms with Gasteiger partial charge in [-0.25, -0.2) is 9.37 Å². The molecular formula is C30H31ClF4N8O. The maximum Gasteiger partial charge on any atom is 0.401 e. The van der Waals surface area contributed by atoms with Gasteiger partial charge in [0, 0.05) is 67.2 Å². The quantitative estimate of drug-likeness (QED) is 0.213. The zero-order chi connectivity index (χ0) is 31.2. The molecular weight excluding hydrogens is 600 g/mol. The predicted octanol–water partition coefficient (Wildman–Crippen LogP) is 5.55. The van der Waals surface area contributed by atoms with E-state index in [4.69, 9.17) is 16.6 Å². The van der Waals surface area contributed by atoms with E-state index in [0.717, 1.165) is 11.1 Å². The van der Waals surface area contributed by atoms with E-state index in [1.54, 1.807) is 17.2 Å². The van der Waals surface area contributed by atoms with Crippen LogP contribution in [0.1, 0.15) is 18.4 Å². The van der Waals surface area contributed by atoms with E-state index in [2.05, 4.69) is 27.1 Å². The van der Waals surface area contributed by atoms with Gasteiger partial charge in [0.1, 0.15) is 11.3 Å². The van der Waals surface area contributed by atoms with Crippen molar-refractivity contribution in [1.29, 1.82) is 0 Å². The first kappa shape index (κ1) is 30.1. The molecule has 0 atom stereocenters. The fraction of sp³-hybridized carbons (Fsp3) is 0.400. The van der Waals surface area contributed by atoms with Crippen LogP contribution in [0.4, 0.5) is 29.3 Å². The number of alkyl halides is 3. The number of benzene rings is 2. The molecule has 0 spiro atoms. The monoisotopic (exact) mass is 630 g/mol. The molecule has 1 amide bonds. The smallest absolute Gasteiger partial charge is 0.352 e. The number of carbonyl (C=O) groups is 1. The standard InChI is InChI=1S/C30H31ClF4N8O/c1-3-23(44)42-10-12-43(13-11-42)28-19-14-21(31)25(24-17(2)4-5-22-20(24)15-36-40-22)26(32)27(19)38-29(39-28)37-18-6-8-41(9-7-18)16-30(33,34)35/h3-5,14-15,18H,1,6-13,16H2,2H3,(H,36,40)(H,37,38,39). The van der Waals surface area contributed by atoms with E-state index in [1.165, 1.54) is 11.0 Å². The molecule has 0 bridgehead atoms. The van der Waals surface area contributed by atoms with Crippen molar-refractivity contribution in [1.82, 2.24) is 30.0 Å². The largest absolute Gasteiger partial charge is 0.401 e. The summed E-state index contributed by atoms with van der Waals surface area (Å²) >= 11 is 6.82. The Kier molecular flexibility index (Phi) is 8.10. The number of aromatic amines is 1. The molecule has 2 N–H and O–H groups in total. The number of aryl methyl sites for hydroxylation is 1. The summed E-state index contributed by atoms with van der Waals surface area (Å²) in [6, 6.07) is 5.21. The molecule has 0 aliphatic carbocycles. The van der Waals surface area contributed by atoms with E-state index < -0.39 is 18.5 Å². The Hall–Kier alpha value is -3.97. The first-order chi connectivity index (χ1) is 21.0. The van der Waals surface area contributed by atoms with E-state index in [1.807, 2.05) is 24.0 Å². The van der Waals surface area contributed by atoms with Crippen LogP contribution in [0.2, 0.25) is 5.02 Å². The lowest BCUT2D eigenvalue weighted by Crippen LogP contribution is -2.48. The van der Waals surface area contributed by atoms with Crippen molar-refractivity contribution in [2.24, 2.45) is 0 Å². The van der Waals surface area contributed by atoms with E-state index >= 15 is 4.39 Å². The van der Waals surface area contributed by atoms with Crippen LogP contribution in [0, 0.1) is 12.7 Å². The number of fused-ring (bicyclic) bond motifs is 2. The normalized spacial score (nSPS) is 17.0. The highest BCUT2D eigenvalue weighted by Crippen LogP contribution is 2.42. The molecule has 2 aromatic carbocycles. The second kappa shape index (κ2) is 11.8. The molecule has 2 saturated heterocycles. The zero-order valence-electron chi connectivity index (χ0n) is 24.0. The van der Waals surface area contributed by atoms with Crippen LogP contribution in [-0.4, -0.2) is 93.9 Å². The maximum absolute atomic E-state index is 16.7. The first-order valence-electron chi connectivity index (χ1n) is 14.4. The van der Waals surface area contributed by atoms with Crippen LogP contribution in [0.3, 0.4) is 0 Å². The molecule has 4 aromatic rings. The van der Waals surface area contributed by atoms with Gasteiger partial charge in [-0.2, -0.15) is 23.3 Å². The van der Waals surface area contributed by atoms with Crippen LogP contribution < -0.4 is 10.2 Å². The van der Waals surface area contributed by atoms with Crippen molar-refractivity contribution in [3.05, 3.63) is 53.5 Å². The first-order valence-corrected chi connectivity index (χ1v) is 14.7. The highest BCUT2D eigenvalue weighted by molar-refractivity contribution is 6.35. The van der Waals surface area contributed by atoms with Crippen LogP contribution in [0.25, 0.3) is 32.9 Å². The molecule has 4 heterocycles. The molecule has 232 valence electrons. The summed E-state index contributed by atoms with van der Waals surface area (Å²) in [4.78, 5) is 26.6. The molecule has 0 saturated carbocycles. The average Bonchev–Trinajstić information content (AvgIpc) is 3.47. The summed E-state index contributed by atoms with van der Waals surface area (Å²) in [6.45, 7) is 6.74. The number of nitrogens with zero attached hydrogens (tertiary/aromatic N) is 6. The number of piperidine rings is 1. The summed E-state index contributed by atoms with van der Waals surface area (Å²) in [5.74, 6) is -0.143. The van der Waals surface area contributed by atoms with Crippen LogP contribution in [0.15, 0.2) is 37.1 Å². The number of hydrogen-bond acceptors (Lipinski definition) is 7. The fourth-order valence-electron chi connectivity index (χ4n) is 6.11. The van der Waals surface area contributed by atoms with Crippen molar-refractivity contribution in [2.75, 3.05) is 56.0 Å². The zero-order valence-corrected chi connectivity index (χ0v) is 24.8. The summed E-state index contributed by atoms with van der Waals surface area (Å²) in [5, 5.41) is 11.6. The third-order valence-electron chi connectivity index (χ3n) is 8.33. The average molecular weight is 631 g/mol. The molecule has 0 unspecified atom stereocenters. The number of hydrogen-bond donors (Lipinski definition) is 2. The highest BCUT2D eigenvalue weighted by Gasteiger charge is 2.33. The summed E-state index contributed by atoms with van der Waals surface area (Å²) in [6.07, 6.45) is -0.453. The summed E-state index contributed by atoms with van der Waals surface area (Å²) < 4.78 is 55.4. The number of H-pyrrole nitrogens is 1. The maximum atomic E-state index is 16.7. The van der Waals surface area contributed by atoms with Gasteiger partial charge in [0.25, 0.3) is 0 Å². The lowest BCUT2D eigenvalue weighted by Gasteiger charge is -2.36. The number of carbonyl (C=O) groups excluding carboxylic acids is 1. The number of halogens is 5. The molecule has 9 nitrogen and oxygen atoms in total.